The first-order chi connectivity index (χ1) is 9.54. The maximum atomic E-state index is 13.9. The molecule has 1 aromatic carbocycles. The van der Waals surface area contributed by atoms with E-state index in [-0.39, 0.29) is 11.9 Å². The van der Waals surface area contributed by atoms with Crippen molar-refractivity contribution in [3.8, 4) is 0 Å². The number of aromatic nitrogens is 2. The van der Waals surface area contributed by atoms with E-state index < -0.39 is 0 Å². The molecule has 1 unspecified atom stereocenters. The summed E-state index contributed by atoms with van der Waals surface area (Å²) in [6.07, 6.45) is 0.633. The Kier molecular flexibility index (Phi) is 4.55. The number of likely N-dealkylation sites (N-methyl/N-ethyl adjacent to an activating group) is 1. The van der Waals surface area contributed by atoms with E-state index in [9.17, 15) is 4.39 Å². The second kappa shape index (κ2) is 6.18. The molecule has 0 saturated heterocycles. The Morgan fingerprint density at radius 3 is 2.55 bits per heavy atom. The van der Waals surface area contributed by atoms with E-state index in [2.05, 4.69) is 24.3 Å². The van der Waals surface area contributed by atoms with Gasteiger partial charge in [0.25, 0.3) is 0 Å². The van der Waals surface area contributed by atoms with Crippen LogP contribution in [0.1, 0.15) is 35.5 Å². The second-order valence-corrected chi connectivity index (χ2v) is 5.11. The van der Waals surface area contributed by atoms with Gasteiger partial charge in [-0.2, -0.15) is 5.10 Å². The van der Waals surface area contributed by atoms with Crippen LogP contribution in [0.3, 0.4) is 0 Å². The van der Waals surface area contributed by atoms with Gasteiger partial charge in [0.15, 0.2) is 0 Å². The molecule has 108 valence electrons. The van der Waals surface area contributed by atoms with E-state index in [0.29, 0.717) is 6.42 Å². The van der Waals surface area contributed by atoms with Crippen LogP contribution in [-0.2, 0) is 13.5 Å². The lowest BCUT2D eigenvalue weighted by atomic mass is 9.97. The number of rotatable bonds is 5. The third kappa shape index (κ3) is 2.90. The standard InChI is InChI=1S/C16H22FN3/c1-5-18-15(10-13-8-6-7-9-14(13)17)16-11(2)19-20(4)12(16)3/h6-9,15,18H,5,10H2,1-4H3. The molecule has 0 aliphatic rings. The van der Waals surface area contributed by atoms with E-state index in [1.807, 2.05) is 30.8 Å². The molecule has 4 heteroatoms. The van der Waals surface area contributed by atoms with E-state index in [4.69, 9.17) is 0 Å². The van der Waals surface area contributed by atoms with Crippen molar-refractivity contribution in [3.63, 3.8) is 0 Å². The van der Waals surface area contributed by atoms with Gasteiger partial charge in [0.1, 0.15) is 5.82 Å². The highest BCUT2D eigenvalue weighted by Crippen LogP contribution is 2.25. The molecule has 0 bridgehead atoms. The van der Waals surface area contributed by atoms with Crippen LogP contribution in [0.15, 0.2) is 24.3 Å². The lowest BCUT2D eigenvalue weighted by molar-refractivity contribution is 0.523. The molecule has 0 spiro atoms. The number of nitrogens with one attached hydrogen (secondary N) is 1. The van der Waals surface area contributed by atoms with Gasteiger partial charge in [-0.1, -0.05) is 25.1 Å². The molecule has 1 heterocycles. The van der Waals surface area contributed by atoms with Gasteiger partial charge in [0.2, 0.25) is 0 Å². The zero-order valence-corrected chi connectivity index (χ0v) is 12.6. The van der Waals surface area contributed by atoms with Crippen LogP contribution in [0.25, 0.3) is 0 Å². The summed E-state index contributed by atoms with van der Waals surface area (Å²) in [4.78, 5) is 0. The summed E-state index contributed by atoms with van der Waals surface area (Å²) in [5, 5.41) is 7.91. The summed E-state index contributed by atoms with van der Waals surface area (Å²) < 4.78 is 15.7. The van der Waals surface area contributed by atoms with Gasteiger partial charge in [-0.05, 0) is 38.4 Å². The Bertz CT molecular complexity index is 589. The molecule has 0 saturated carbocycles. The van der Waals surface area contributed by atoms with Crippen LogP contribution in [-0.4, -0.2) is 16.3 Å². The number of nitrogens with zero attached hydrogens (tertiary/aromatic N) is 2. The Morgan fingerprint density at radius 1 is 1.30 bits per heavy atom. The molecule has 2 rings (SSSR count). The van der Waals surface area contributed by atoms with Crippen molar-refractivity contribution in [2.75, 3.05) is 6.54 Å². The summed E-state index contributed by atoms with van der Waals surface area (Å²) >= 11 is 0. The van der Waals surface area contributed by atoms with Gasteiger partial charge in [0, 0.05) is 24.3 Å². The molecule has 1 N–H and O–H groups in total. The van der Waals surface area contributed by atoms with Gasteiger partial charge >= 0.3 is 0 Å². The molecule has 0 fully saturated rings. The lowest BCUT2D eigenvalue weighted by Crippen LogP contribution is -2.24. The van der Waals surface area contributed by atoms with Gasteiger partial charge in [-0.25, -0.2) is 4.39 Å². The highest BCUT2D eigenvalue weighted by Gasteiger charge is 2.20. The van der Waals surface area contributed by atoms with Crippen molar-refractivity contribution in [1.29, 1.82) is 0 Å². The number of halogens is 1. The third-order valence-corrected chi connectivity index (χ3v) is 3.75. The smallest absolute Gasteiger partial charge is 0.126 e. The summed E-state index contributed by atoms with van der Waals surface area (Å²) in [6, 6.07) is 7.05. The first kappa shape index (κ1) is 14.7. The minimum atomic E-state index is -0.144. The number of benzene rings is 1. The summed E-state index contributed by atoms with van der Waals surface area (Å²) in [6.45, 7) is 6.97. The largest absolute Gasteiger partial charge is 0.310 e. The van der Waals surface area contributed by atoms with E-state index >= 15 is 0 Å². The van der Waals surface area contributed by atoms with Crippen molar-refractivity contribution >= 4 is 0 Å². The van der Waals surface area contributed by atoms with Crippen LogP contribution < -0.4 is 5.32 Å². The van der Waals surface area contributed by atoms with Crippen LogP contribution in [0, 0.1) is 19.7 Å². The van der Waals surface area contributed by atoms with E-state index in [0.717, 1.165) is 23.5 Å². The Hall–Kier alpha value is -1.68. The molecule has 3 nitrogen and oxygen atoms in total. The highest BCUT2D eigenvalue weighted by atomic mass is 19.1. The molecule has 20 heavy (non-hydrogen) atoms. The van der Waals surface area contributed by atoms with Crippen LogP contribution in [0.5, 0.6) is 0 Å². The topological polar surface area (TPSA) is 29.9 Å². The Labute approximate surface area is 119 Å². The van der Waals surface area contributed by atoms with Crippen molar-refractivity contribution in [2.24, 2.45) is 7.05 Å². The normalized spacial score (nSPS) is 12.7. The zero-order valence-electron chi connectivity index (χ0n) is 12.6. The fourth-order valence-corrected chi connectivity index (χ4v) is 2.70. The maximum absolute atomic E-state index is 13.9. The fraction of sp³-hybridized carbons (Fsp3) is 0.438. The SMILES string of the molecule is CCNC(Cc1ccccc1F)c1c(C)nn(C)c1C. The van der Waals surface area contributed by atoms with Crippen molar-refractivity contribution in [1.82, 2.24) is 15.1 Å². The monoisotopic (exact) mass is 275 g/mol. The van der Waals surface area contributed by atoms with Gasteiger partial charge in [0.05, 0.1) is 5.69 Å². The minimum Gasteiger partial charge on any atom is -0.310 e. The summed E-state index contributed by atoms with van der Waals surface area (Å²) in [5.41, 5.74) is 4.05. The van der Waals surface area contributed by atoms with E-state index in [1.54, 1.807) is 6.07 Å². The molecule has 0 radical (unpaired) electrons. The molecular formula is C16H22FN3. The Balaban J connectivity index is 2.34. The molecule has 0 amide bonds. The average molecular weight is 275 g/mol. The molecule has 0 aliphatic carbocycles. The predicted molar refractivity (Wildman–Crippen MR) is 79.2 cm³/mol. The average Bonchev–Trinajstić information content (AvgIpc) is 2.65. The molecule has 1 atom stereocenters. The lowest BCUT2D eigenvalue weighted by Gasteiger charge is -2.19. The minimum absolute atomic E-state index is 0.0885. The van der Waals surface area contributed by atoms with Crippen molar-refractivity contribution in [2.45, 2.75) is 33.2 Å². The van der Waals surface area contributed by atoms with Crippen molar-refractivity contribution in [3.05, 3.63) is 52.6 Å². The summed E-state index contributed by atoms with van der Waals surface area (Å²) in [7, 11) is 1.94. The molecular weight excluding hydrogens is 253 g/mol. The first-order valence-electron chi connectivity index (χ1n) is 7.01. The van der Waals surface area contributed by atoms with Crippen LogP contribution >= 0.6 is 0 Å². The van der Waals surface area contributed by atoms with Crippen molar-refractivity contribution < 1.29 is 4.39 Å². The number of hydrogen-bond acceptors (Lipinski definition) is 2. The first-order valence-corrected chi connectivity index (χ1v) is 7.01. The Morgan fingerprint density at radius 2 is 2.00 bits per heavy atom. The van der Waals surface area contributed by atoms with Gasteiger partial charge in [-0.15, -0.1) is 0 Å². The number of hydrogen-bond donors (Lipinski definition) is 1. The number of aryl methyl sites for hydroxylation is 2. The fourth-order valence-electron chi connectivity index (χ4n) is 2.70. The molecule has 2 aromatic rings. The second-order valence-electron chi connectivity index (χ2n) is 5.11. The maximum Gasteiger partial charge on any atom is 0.126 e. The third-order valence-electron chi connectivity index (χ3n) is 3.75. The van der Waals surface area contributed by atoms with Crippen LogP contribution in [0.2, 0.25) is 0 Å². The molecule has 1 aromatic heterocycles. The highest BCUT2D eigenvalue weighted by molar-refractivity contribution is 5.31. The quantitative estimate of drug-likeness (QED) is 0.909. The predicted octanol–water partition coefficient (Wildman–Crippen LogP) is 3.07. The zero-order chi connectivity index (χ0) is 14.7. The van der Waals surface area contributed by atoms with Gasteiger partial charge in [-0.3, -0.25) is 4.68 Å². The van der Waals surface area contributed by atoms with Gasteiger partial charge < -0.3 is 5.32 Å². The van der Waals surface area contributed by atoms with Crippen LogP contribution in [0.4, 0.5) is 4.39 Å². The summed E-state index contributed by atoms with van der Waals surface area (Å²) in [5.74, 6) is -0.144. The molecule has 0 aliphatic heterocycles. The van der Waals surface area contributed by atoms with E-state index in [1.165, 1.54) is 11.6 Å².